The lowest BCUT2D eigenvalue weighted by molar-refractivity contribution is -0.130. The van der Waals surface area contributed by atoms with Crippen molar-refractivity contribution in [2.75, 3.05) is 13.2 Å². The van der Waals surface area contributed by atoms with Crippen molar-refractivity contribution < 1.29 is 19.0 Å². The molecule has 3 rings (SSSR count). The molecular weight excluding hydrogens is 328 g/mol. The molecule has 4 nitrogen and oxygen atoms in total. The predicted octanol–water partition coefficient (Wildman–Crippen LogP) is 4.78. The zero-order valence-electron chi connectivity index (χ0n) is 14.6. The number of ether oxygens (including phenoxy) is 3. The van der Waals surface area contributed by atoms with E-state index in [-0.39, 0.29) is 0 Å². The van der Waals surface area contributed by atoms with Crippen LogP contribution in [0.5, 0.6) is 17.2 Å². The first-order valence-corrected chi connectivity index (χ1v) is 8.34. The Hall–Kier alpha value is -3.27. The van der Waals surface area contributed by atoms with Crippen LogP contribution in [-0.4, -0.2) is 19.2 Å². The molecule has 0 atom stereocenters. The van der Waals surface area contributed by atoms with Crippen molar-refractivity contribution in [1.82, 2.24) is 0 Å². The molecule has 0 aromatic heterocycles. The van der Waals surface area contributed by atoms with Gasteiger partial charge >= 0.3 is 5.97 Å². The summed E-state index contributed by atoms with van der Waals surface area (Å²) >= 11 is 0. The summed E-state index contributed by atoms with van der Waals surface area (Å²) < 4.78 is 16.8. The summed E-state index contributed by atoms with van der Waals surface area (Å²) in [5.41, 5.74) is 0.362. The van der Waals surface area contributed by atoms with Crippen LogP contribution in [0.15, 0.2) is 78.9 Å². The highest BCUT2D eigenvalue weighted by atomic mass is 16.5. The van der Waals surface area contributed by atoms with E-state index in [1.165, 1.54) is 0 Å². The molecule has 4 heteroatoms. The van der Waals surface area contributed by atoms with E-state index >= 15 is 0 Å². The van der Waals surface area contributed by atoms with Crippen LogP contribution in [0.4, 0.5) is 0 Å². The number of fused-ring (bicyclic) bond motifs is 1. The Kier molecular flexibility index (Phi) is 5.54. The Bertz CT molecular complexity index is 916. The molecule has 0 N–H and O–H groups in total. The monoisotopic (exact) mass is 348 g/mol. The lowest BCUT2D eigenvalue weighted by Crippen LogP contribution is -2.09. The number of rotatable bonds is 7. The van der Waals surface area contributed by atoms with Crippen LogP contribution in [0.25, 0.3) is 10.8 Å². The summed E-state index contributed by atoms with van der Waals surface area (Å²) in [5.74, 6) is 1.62. The van der Waals surface area contributed by atoms with Crippen molar-refractivity contribution in [2.24, 2.45) is 0 Å². The van der Waals surface area contributed by atoms with Gasteiger partial charge in [0.25, 0.3) is 0 Å². The molecule has 3 aromatic rings. The minimum Gasteiger partial charge on any atom is -0.490 e. The molecule has 0 saturated heterocycles. The van der Waals surface area contributed by atoms with Gasteiger partial charge in [-0.25, -0.2) is 4.79 Å². The molecule has 0 amide bonds. The van der Waals surface area contributed by atoms with E-state index in [2.05, 4.69) is 6.58 Å². The summed E-state index contributed by atoms with van der Waals surface area (Å²) in [7, 11) is 0. The van der Waals surface area contributed by atoms with Gasteiger partial charge in [-0.1, -0.05) is 36.9 Å². The summed E-state index contributed by atoms with van der Waals surface area (Å²) in [5, 5.41) is 1.88. The van der Waals surface area contributed by atoms with E-state index in [9.17, 15) is 4.79 Å². The first-order chi connectivity index (χ1) is 12.6. The topological polar surface area (TPSA) is 44.8 Å². The van der Waals surface area contributed by atoms with Crippen molar-refractivity contribution in [1.29, 1.82) is 0 Å². The Morgan fingerprint density at radius 3 is 2.42 bits per heavy atom. The number of hydrogen-bond donors (Lipinski definition) is 0. The zero-order valence-corrected chi connectivity index (χ0v) is 14.6. The normalized spacial score (nSPS) is 10.3. The summed E-state index contributed by atoms with van der Waals surface area (Å²) in [6.07, 6.45) is 0. The zero-order chi connectivity index (χ0) is 18.4. The van der Waals surface area contributed by atoms with Gasteiger partial charge in [-0.2, -0.15) is 0 Å². The molecule has 26 heavy (non-hydrogen) atoms. The molecular formula is C22H20O4. The maximum Gasteiger partial charge on any atom is 0.338 e. The Balaban J connectivity index is 1.65. The number of carbonyl (C=O) groups excluding carboxylic acids is 1. The van der Waals surface area contributed by atoms with E-state index in [0.717, 1.165) is 22.3 Å². The second kappa shape index (κ2) is 8.21. The third-order valence-electron chi connectivity index (χ3n) is 3.72. The molecule has 0 aliphatic carbocycles. The molecule has 0 spiro atoms. The second-order valence-electron chi connectivity index (χ2n) is 5.82. The number of benzene rings is 3. The van der Waals surface area contributed by atoms with E-state index < -0.39 is 5.97 Å². The van der Waals surface area contributed by atoms with Crippen LogP contribution in [0, 0.1) is 0 Å². The minimum absolute atomic E-state index is 0.362. The molecule has 0 fully saturated rings. The fraction of sp³-hybridized carbons (Fsp3) is 0.136. The number of hydrogen-bond acceptors (Lipinski definition) is 4. The van der Waals surface area contributed by atoms with E-state index in [4.69, 9.17) is 14.2 Å². The van der Waals surface area contributed by atoms with Gasteiger partial charge in [0.1, 0.15) is 30.5 Å². The molecule has 0 aliphatic rings. The van der Waals surface area contributed by atoms with Gasteiger partial charge in [0, 0.05) is 11.0 Å². The molecule has 0 saturated carbocycles. The van der Waals surface area contributed by atoms with E-state index in [1.807, 2.05) is 60.7 Å². The quantitative estimate of drug-likeness (QED) is 0.267. The molecule has 0 unspecified atom stereocenters. The largest absolute Gasteiger partial charge is 0.490 e. The highest BCUT2D eigenvalue weighted by Gasteiger charge is 2.08. The number of carbonyl (C=O) groups is 1. The Morgan fingerprint density at radius 2 is 1.65 bits per heavy atom. The average molecular weight is 348 g/mol. The van der Waals surface area contributed by atoms with Gasteiger partial charge < -0.3 is 14.2 Å². The smallest absolute Gasteiger partial charge is 0.338 e. The van der Waals surface area contributed by atoms with Crippen LogP contribution in [0.2, 0.25) is 0 Å². The SMILES string of the molecule is C=C(C)C(=O)Oc1ccc2c(OCCOc3ccccc3)cccc2c1. The molecule has 132 valence electrons. The number of para-hydroxylation sites is 1. The molecule has 0 radical (unpaired) electrons. The molecule has 3 aromatic carbocycles. The Labute approximate surface area is 152 Å². The fourth-order valence-electron chi connectivity index (χ4n) is 2.44. The summed E-state index contributed by atoms with van der Waals surface area (Å²) in [6, 6.07) is 20.8. The molecule has 0 aliphatic heterocycles. The van der Waals surface area contributed by atoms with Gasteiger partial charge in [0.2, 0.25) is 0 Å². The average Bonchev–Trinajstić information content (AvgIpc) is 2.66. The first-order valence-electron chi connectivity index (χ1n) is 8.34. The van der Waals surface area contributed by atoms with Crippen molar-refractivity contribution in [3.8, 4) is 17.2 Å². The maximum atomic E-state index is 11.6. The van der Waals surface area contributed by atoms with Crippen molar-refractivity contribution in [3.05, 3.63) is 78.9 Å². The third kappa shape index (κ3) is 4.42. The minimum atomic E-state index is -0.435. The maximum absolute atomic E-state index is 11.6. The van der Waals surface area contributed by atoms with Gasteiger partial charge in [0.05, 0.1) is 0 Å². The van der Waals surface area contributed by atoms with Crippen LogP contribution < -0.4 is 14.2 Å². The molecule has 0 bridgehead atoms. The van der Waals surface area contributed by atoms with Crippen molar-refractivity contribution in [2.45, 2.75) is 6.92 Å². The van der Waals surface area contributed by atoms with Gasteiger partial charge in [-0.15, -0.1) is 0 Å². The van der Waals surface area contributed by atoms with Crippen LogP contribution in [-0.2, 0) is 4.79 Å². The van der Waals surface area contributed by atoms with Gasteiger partial charge in [-0.05, 0) is 48.7 Å². The standard InChI is InChI=1S/C22H20O4/c1-16(2)22(23)26-19-11-12-20-17(15-19)7-6-10-21(20)25-14-13-24-18-8-4-3-5-9-18/h3-12,15H,1,13-14H2,2H3. The second-order valence-corrected chi connectivity index (χ2v) is 5.82. The van der Waals surface area contributed by atoms with Crippen LogP contribution in [0.3, 0.4) is 0 Å². The lowest BCUT2D eigenvalue weighted by Gasteiger charge is -2.11. The Morgan fingerprint density at radius 1 is 0.885 bits per heavy atom. The lowest BCUT2D eigenvalue weighted by atomic mass is 10.1. The van der Waals surface area contributed by atoms with Crippen LogP contribution >= 0.6 is 0 Å². The predicted molar refractivity (Wildman–Crippen MR) is 102 cm³/mol. The highest BCUT2D eigenvalue weighted by Crippen LogP contribution is 2.29. The van der Waals surface area contributed by atoms with E-state index in [1.54, 1.807) is 13.0 Å². The van der Waals surface area contributed by atoms with Crippen molar-refractivity contribution >= 4 is 16.7 Å². The highest BCUT2D eigenvalue weighted by molar-refractivity contribution is 5.92. The van der Waals surface area contributed by atoms with Gasteiger partial charge in [0.15, 0.2) is 0 Å². The van der Waals surface area contributed by atoms with Crippen LogP contribution in [0.1, 0.15) is 6.92 Å². The number of esters is 1. The van der Waals surface area contributed by atoms with E-state index in [0.29, 0.717) is 24.5 Å². The fourth-order valence-corrected chi connectivity index (χ4v) is 2.44. The van der Waals surface area contributed by atoms with Crippen molar-refractivity contribution in [3.63, 3.8) is 0 Å². The van der Waals surface area contributed by atoms with Gasteiger partial charge in [-0.3, -0.25) is 0 Å². The summed E-state index contributed by atoms with van der Waals surface area (Å²) in [6.45, 7) is 6.09. The third-order valence-corrected chi connectivity index (χ3v) is 3.72. The molecule has 0 heterocycles. The first kappa shape index (κ1) is 17.5. The summed E-state index contributed by atoms with van der Waals surface area (Å²) in [4.78, 5) is 11.6.